The van der Waals surface area contributed by atoms with E-state index in [1.54, 1.807) is 20.8 Å². The summed E-state index contributed by atoms with van der Waals surface area (Å²) in [5.41, 5.74) is 0.535. The van der Waals surface area contributed by atoms with E-state index in [1.807, 2.05) is 0 Å². The normalized spacial score (nSPS) is 12.4. The van der Waals surface area contributed by atoms with E-state index in [0.717, 1.165) is 10.6 Å². The van der Waals surface area contributed by atoms with Gasteiger partial charge in [0.15, 0.2) is 0 Å². The molecule has 0 saturated carbocycles. The second-order valence-electron chi connectivity index (χ2n) is 8.22. The minimum absolute atomic E-state index is 0.0210. The monoisotopic (exact) mass is 565 g/mol. The number of rotatable bonds is 10. The summed E-state index contributed by atoms with van der Waals surface area (Å²) in [6, 6.07) is 6.93. The van der Waals surface area contributed by atoms with Crippen LogP contribution in [0.3, 0.4) is 0 Å². The van der Waals surface area contributed by atoms with Gasteiger partial charge in [-0.05, 0) is 50.1 Å². The molecule has 0 aliphatic carbocycles. The second kappa shape index (κ2) is 12.3. The Morgan fingerprint density at radius 3 is 2.11 bits per heavy atom. The number of amides is 2. The van der Waals surface area contributed by atoms with Gasteiger partial charge in [-0.25, -0.2) is 12.8 Å². The topological polar surface area (TPSA) is 86.8 Å². The summed E-state index contributed by atoms with van der Waals surface area (Å²) in [4.78, 5) is 27.7. The Morgan fingerprint density at radius 2 is 1.60 bits per heavy atom. The number of benzene rings is 2. The summed E-state index contributed by atoms with van der Waals surface area (Å²) < 4.78 is 39.5. The van der Waals surface area contributed by atoms with Crippen molar-refractivity contribution >= 4 is 62.3 Å². The minimum Gasteiger partial charge on any atom is -0.352 e. The molecule has 35 heavy (non-hydrogen) atoms. The first kappa shape index (κ1) is 29.2. The van der Waals surface area contributed by atoms with Gasteiger partial charge in [0.25, 0.3) is 0 Å². The van der Waals surface area contributed by atoms with Crippen molar-refractivity contribution in [3.8, 4) is 0 Å². The fourth-order valence-corrected chi connectivity index (χ4v) is 4.93. The highest BCUT2D eigenvalue weighted by Crippen LogP contribution is 2.35. The number of halogens is 4. The molecule has 0 unspecified atom stereocenters. The van der Waals surface area contributed by atoms with E-state index in [9.17, 15) is 22.4 Å². The van der Waals surface area contributed by atoms with Gasteiger partial charge < -0.3 is 10.2 Å². The van der Waals surface area contributed by atoms with Crippen LogP contribution in [-0.4, -0.2) is 50.0 Å². The van der Waals surface area contributed by atoms with E-state index in [2.05, 4.69) is 5.32 Å². The predicted molar refractivity (Wildman–Crippen MR) is 138 cm³/mol. The molecule has 2 aromatic carbocycles. The molecule has 0 bridgehead atoms. The standard InChI is InChI=1S/C23H27Cl3FN3O4S/c1-5-20(23(32)28-14(2)3)29(12-15-6-8-16(27)9-7-15)22(31)13-30(35(4,33)34)21-11-18(25)17(24)10-19(21)26/h6-11,14,20H,5,12-13H2,1-4H3,(H,28,32)/t20-/m0/s1. The van der Waals surface area contributed by atoms with Gasteiger partial charge in [-0.3, -0.25) is 13.9 Å². The highest BCUT2D eigenvalue weighted by molar-refractivity contribution is 7.92. The summed E-state index contributed by atoms with van der Waals surface area (Å²) in [5.74, 6) is -1.50. The number of hydrogen-bond acceptors (Lipinski definition) is 4. The van der Waals surface area contributed by atoms with E-state index in [4.69, 9.17) is 34.8 Å². The maximum absolute atomic E-state index is 13.6. The number of hydrogen-bond donors (Lipinski definition) is 1. The van der Waals surface area contributed by atoms with Crippen LogP contribution in [0.25, 0.3) is 0 Å². The third kappa shape index (κ3) is 7.96. The fourth-order valence-electron chi connectivity index (χ4n) is 3.38. The Bertz CT molecular complexity index is 1180. The molecule has 0 aromatic heterocycles. The van der Waals surface area contributed by atoms with Gasteiger partial charge in [0.05, 0.1) is 27.0 Å². The van der Waals surface area contributed by atoms with Crippen molar-refractivity contribution in [1.29, 1.82) is 0 Å². The molecule has 0 aliphatic rings. The van der Waals surface area contributed by atoms with Crippen LogP contribution in [0.1, 0.15) is 32.8 Å². The Hall–Kier alpha value is -2.07. The van der Waals surface area contributed by atoms with Crippen LogP contribution < -0.4 is 9.62 Å². The van der Waals surface area contributed by atoms with Crippen molar-refractivity contribution in [3.63, 3.8) is 0 Å². The number of carbonyl (C=O) groups is 2. The molecule has 0 saturated heterocycles. The number of sulfonamides is 1. The SMILES string of the molecule is CC[C@@H](C(=O)NC(C)C)N(Cc1ccc(F)cc1)C(=O)CN(c1cc(Cl)c(Cl)cc1Cl)S(C)(=O)=O. The van der Waals surface area contributed by atoms with E-state index < -0.39 is 40.2 Å². The summed E-state index contributed by atoms with van der Waals surface area (Å²) in [5, 5.41) is 2.94. The second-order valence-corrected chi connectivity index (χ2v) is 11.4. The van der Waals surface area contributed by atoms with Crippen LogP contribution in [0.5, 0.6) is 0 Å². The number of nitrogens with one attached hydrogen (secondary N) is 1. The van der Waals surface area contributed by atoms with Gasteiger partial charge in [-0.15, -0.1) is 0 Å². The summed E-state index contributed by atoms with van der Waals surface area (Å²) >= 11 is 18.3. The highest BCUT2D eigenvalue weighted by atomic mass is 35.5. The molecule has 0 heterocycles. The fraction of sp³-hybridized carbons (Fsp3) is 0.391. The Labute approximate surface area is 220 Å². The summed E-state index contributed by atoms with van der Waals surface area (Å²) in [6.07, 6.45) is 1.18. The van der Waals surface area contributed by atoms with Crippen LogP contribution in [0.4, 0.5) is 10.1 Å². The molecule has 7 nitrogen and oxygen atoms in total. The molecule has 2 rings (SSSR count). The van der Waals surface area contributed by atoms with Crippen molar-refractivity contribution < 1.29 is 22.4 Å². The molecule has 0 radical (unpaired) electrons. The first-order chi connectivity index (χ1) is 16.2. The third-order valence-corrected chi connectivity index (χ3v) is 7.17. The molecule has 2 aromatic rings. The van der Waals surface area contributed by atoms with Crippen molar-refractivity contribution in [2.24, 2.45) is 0 Å². The zero-order valence-electron chi connectivity index (χ0n) is 19.7. The molecular formula is C23H27Cl3FN3O4S. The van der Waals surface area contributed by atoms with E-state index in [-0.39, 0.29) is 39.8 Å². The van der Waals surface area contributed by atoms with Crippen LogP contribution in [0.15, 0.2) is 36.4 Å². The lowest BCUT2D eigenvalue weighted by molar-refractivity contribution is -0.140. The first-order valence-electron chi connectivity index (χ1n) is 10.7. The molecular weight excluding hydrogens is 540 g/mol. The zero-order valence-corrected chi connectivity index (χ0v) is 22.8. The van der Waals surface area contributed by atoms with Crippen molar-refractivity contribution in [1.82, 2.24) is 10.2 Å². The zero-order chi connectivity index (χ0) is 26.5. The number of nitrogens with zero attached hydrogens (tertiary/aromatic N) is 2. The number of anilines is 1. The summed E-state index contributed by atoms with van der Waals surface area (Å²) in [7, 11) is -4.00. The van der Waals surface area contributed by atoms with E-state index in [1.165, 1.54) is 41.3 Å². The molecule has 1 atom stereocenters. The highest BCUT2D eigenvalue weighted by Gasteiger charge is 2.32. The van der Waals surface area contributed by atoms with E-state index in [0.29, 0.717) is 5.56 Å². The Balaban J connectivity index is 2.50. The van der Waals surface area contributed by atoms with Gasteiger partial charge in [-0.2, -0.15) is 0 Å². The van der Waals surface area contributed by atoms with Gasteiger partial charge in [0.1, 0.15) is 18.4 Å². The lowest BCUT2D eigenvalue weighted by Crippen LogP contribution is -2.53. The third-order valence-electron chi connectivity index (χ3n) is 5.02. The lowest BCUT2D eigenvalue weighted by atomic mass is 10.1. The van der Waals surface area contributed by atoms with Crippen molar-refractivity contribution in [3.05, 3.63) is 62.8 Å². The molecule has 12 heteroatoms. The number of carbonyl (C=O) groups excluding carboxylic acids is 2. The minimum atomic E-state index is -4.00. The maximum atomic E-state index is 13.6. The van der Waals surface area contributed by atoms with Crippen LogP contribution in [-0.2, 0) is 26.2 Å². The molecule has 192 valence electrons. The van der Waals surface area contributed by atoms with Gasteiger partial charge in [0.2, 0.25) is 21.8 Å². The summed E-state index contributed by atoms with van der Waals surface area (Å²) in [6.45, 7) is 4.61. The van der Waals surface area contributed by atoms with Gasteiger partial charge in [0, 0.05) is 12.6 Å². The maximum Gasteiger partial charge on any atom is 0.244 e. The predicted octanol–water partition coefficient (Wildman–Crippen LogP) is 4.88. The van der Waals surface area contributed by atoms with E-state index >= 15 is 0 Å². The molecule has 0 spiro atoms. The van der Waals surface area contributed by atoms with Crippen molar-refractivity contribution in [2.45, 2.75) is 45.8 Å². The molecule has 1 N–H and O–H groups in total. The quantitative estimate of drug-likeness (QED) is 0.415. The Morgan fingerprint density at radius 1 is 1.03 bits per heavy atom. The van der Waals surface area contributed by atoms with Gasteiger partial charge in [-0.1, -0.05) is 53.9 Å². The largest absolute Gasteiger partial charge is 0.352 e. The molecule has 0 fully saturated rings. The lowest BCUT2D eigenvalue weighted by Gasteiger charge is -2.33. The average Bonchev–Trinajstić information content (AvgIpc) is 2.74. The average molecular weight is 567 g/mol. The molecule has 2 amide bonds. The van der Waals surface area contributed by atoms with Crippen LogP contribution in [0.2, 0.25) is 15.1 Å². The van der Waals surface area contributed by atoms with Gasteiger partial charge >= 0.3 is 0 Å². The molecule has 0 aliphatic heterocycles. The Kier molecular flexibility index (Phi) is 10.2. The van der Waals surface area contributed by atoms with Crippen LogP contribution >= 0.6 is 34.8 Å². The van der Waals surface area contributed by atoms with Crippen molar-refractivity contribution in [2.75, 3.05) is 17.1 Å². The first-order valence-corrected chi connectivity index (χ1v) is 13.7. The smallest absolute Gasteiger partial charge is 0.244 e. The van der Waals surface area contributed by atoms with Crippen LogP contribution in [0, 0.1) is 5.82 Å².